The zero-order valence-electron chi connectivity index (χ0n) is 15.2. The van der Waals surface area contributed by atoms with E-state index in [0.29, 0.717) is 0 Å². The van der Waals surface area contributed by atoms with E-state index in [0.717, 1.165) is 16.7 Å². The fourth-order valence-electron chi connectivity index (χ4n) is 3.33. The van der Waals surface area contributed by atoms with E-state index < -0.39 is 0 Å². The molecule has 1 aromatic heterocycles. The van der Waals surface area contributed by atoms with E-state index >= 15 is 0 Å². The number of nitrogens with zero attached hydrogens (tertiary/aromatic N) is 4. The maximum absolute atomic E-state index is 4.46. The first kappa shape index (κ1) is 17.9. The zero-order valence-corrected chi connectivity index (χ0v) is 15.2. The number of unbranched alkanes of at least 4 members (excludes halogenated alkanes) is 3. The molecule has 0 aliphatic heterocycles. The second-order valence-electron chi connectivity index (χ2n) is 6.79. The SMILES string of the molecule is CCCC[N+](CCCC)(CCCC)Cn1nnc2ccccc21. The Morgan fingerprint density at radius 1 is 0.870 bits per heavy atom. The van der Waals surface area contributed by atoms with Crippen molar-refractivity contribution in [2.45, 2.75) is 66.0 Å². The smallest absolute Gasteiger partial charge is 0.176 e. The molecule has 23 heavy (non-hydrogen) atoms. The Morgan fingerprint density at radius 3 is 2.00 bits per heavy atom. The second kappa shape index (κ2) is 9.02. The third-order valence-electron chi connectivity index (χ3n) is 4.81. The van der Waals surface area contributed by atoms with E-state index in [-0.39, 0.29) is 0 Å². The van der Waals surface area contributed by atoms with Gasteiger partial charge in [-0.2, -0.15) is 4.68 Å². The molecule has 0 N–H and O–H groups in total. The monoisotopic (exact) mass is 317 g/mol. The number of para-hydroxylation sites is 1. The van der Waals surface area contributed by atoms with Crippen LogP contribution in [0.4, 0.5) is 0 Å². The van der Waals surface area contributed by atoms with Gasteiger partial charge in [0.05, 0.1) is 25.2 Å². The van der Waals surface area contributed by atoms with Gasteiger partial charge in [-0.25, -0.2) is 0 Å². The summed E-state index contributed by atoms with van der Waals surface area (Å²) in [6.45, 7) is 11.6. The molecular weight excluding hydrogens is 284 g/mol. The lowest BCUT2D eigenvalue weighted by molar-refractivity contribution is -0.950. The molecule has 0 fully saturated rings. The minimum absolute atomic E-state index is 0.959. The van der Waals surface area contributed by atoms with Gasteiger partial charge in [0.1, 0.15) is 5.52 Å². The molecule has 1 heterocycles. The highest BCUT2D eigenvalue weighted by Crippen LogP contribution is 2.19. The molecule has 0 atom stereocenters. The Kier molecular flexibility index (Phi) is 7.03. The van der Waals surface area contributed by atoms with E-state index in [1.54, 1.807) is 0 Å². The molecule has 2 rings (SSSR count). The summed E-state index contributed by atoms with van der Waals surface area (Å²) >= 11 is 0. The molecule has 0 saturated carbocycles. The summed E-state index contributed by atoms with van der Waals surface area (Å²) < 4.78 is 3.29. The Hall–Kier alpha value is -1.42. The second-order valence-corrected chi connectivity index (χ2v) is 6.79. The molecule has 4 heteroatoms. The van der Waals surface area contributed by atoms with Gasteiger partial charge < -0.3 is 4.48 Å². The van der Waals surface area contributed by atoms with Gasteiger partial charge in [0.15, 0.2) is 6.67 Å². The summed E-state index contributed by atoms with van der Waals surface area (Å²) in [6.07, 6.45) is 7.66. The van der Waals surface area contributed by atoms with Crippen LogP contribution in [0, 0.1) is 0 Å². The first-order valence-electron chi connectivity index (χ1n) is 9.38. The van der Waals surface area contributed by atoms with Gasteiger partial charge in [-0.1, -0.05) is 57.4 Å². The fourth-order valence-corrected chi connectivity index (χ4v) is 3.33. The van der Waals surface area contributed by atoms with Gasteiger partial charge >= 0.3 is 0 Å². The van der Waals surface area contributed by atoms with Crippen molar-refractivity contribution in [3.05, 3.63) is 24.3 Å². The molecule has 0 saturated heterocycles. The van der Waals surface area contributed by atoms with Crippen LogP contribution in [0.25, 0.3) is 11.0 Å². The van der Waals surface area contributed by atoms with Crippen molar-refractivity contribution in [1.82, 2.24) is 15.0 Å². The maximum atomic E-state index is 4.46. The number of rotatable bonds is 11. The van der Waals surface area contributed by atoms with Crippen LogP contribution in [-0.4, -0.2) is 39.1 Å². The van der Waals surface area contributed by atoms with Crippen molar-refractivity contribution >= 4 is 11.0 Å². The van der Waals surface area contributed by atoms with E-state index in [1.165, 1.54) is 63.7 Å². The van der Waals surface area contributed by atoms with Gasteiger partial charge in [-0.15, -0.1) is 5.10 Å². The lowest BCUT2D eigenvalue weighted by Gasteiger charge is -2.38. The van der Waals surface area contributed by atoms with E-state index in [9.17, 15) is 0 Å². The van der Waals surface area contributed by atoms with Gasteiger partial charge in [-0.05, 0) is 31.4 Å². The summed E-state index contributed by atoms with van der Waals surface area (Å²) in [6, 6.07) is 8.32. The van der Waals surface area contributed by atoms with Crippen LogP contribution in [-0.2, 0) is 6.67 Å². The predicted molar refractivity (Wildman–Crippen MR) is 97.1 cm³/mol. The molecule has 0 aliphatic rings. The van der Waals surface area contributed by atoms with Crippen LogP contribution in [0.1, 0.15) is 59.3 Å². The standard InChI is InChI=1S/C19H33N4/c1-4-7-14-23(15-8-5-2,16-9-6-3)17-22-19-13-11-10-12-18(19)20-21-22/h10-13H,4-9,14-17H2,1-3H3/q+1. The van der Waals surface area contributed by atoms with Gasteiger partial charge in [-0.3, -0.25) is 0 Å². The van der Waals surface area contributed by atoms with Crippen molar-refractivity contribution in [2.75, 3.05) is 19.6 Å². The third-order valence-corrected chi connectivity index (χ3v) is 4.81. The molecule has 0 spiro atoms. The quantitative estimate of drug-likeness (QED) is 0.567. The van der Waals surface area contributed by atoms with Gasteiger partial charge in [0, 0.05) is 0 Å². The van der Waals surface area contributed by atoms with E-state index in [1.807, 2.05) is 6.07 Å². The minimum Gasteiger partial charge on any atom is -0.305 e. The molecule has 4 nitrogen and oxygen atoms in total. The van der Waals surface area contributed by atoms with E-state index in [2.05, 4.69) is 54.0 Å². The molecule has 0 radical (unpaired) electrons. The predicted octanol–water partition coefficient (Wildman–Crippen LogP) is 4.61. The summed E-state index contributed by atoms with van der Waals surface area (Å²) in [5, 5.41) is 8.80. The third kappa shape index (κ3) is 4.77. The van der Waals surface area contributed by atoms with Crippen LogP contribution in [0.5, 0.6) is 0 Å². The lowest BCUT2D eigenvalue weighted by Crippen LogP contribution is -2.51. The highest BCUT2D eigenvalue weighted by Gasteiger charge is 2.27. The number of benzene rings is 1. The van der Waals surface area contributed by atoms with Crippen molar-refractivity contribution in [3.63, 3.8) is 0 Å². The Morgan fingerprint density at radius 2 is 1.43 bits per heavy atom. The van der Waals surface area contributed by atoms with Crippen LogP contribution in [0.15, 0.2) is 24.3 Å². The van der Waals surface area contributed by atoms with Gasteiger partial charge in [0.25, 0.3) is 0 Å². The van der Waals surface area contributed by atoms with Crippen LogP contribution in [0.3, 0.4) is 0 Å². The average molecular weight is 318 g/mol. The maximum Gasteiger partial charge on any atom is 0.176 e. The van der Waals surface area contributed by atoms with E-state index in [4.69, 9.17) is 0 Å². The fraction of sp³-hybridized carbons (Fsp3) is 0.684. The number of hydrogen-bond acceptors (Lipinski definition) is 2. The zero-order chi connectivity index (χ0) is 16.5. The number of quaternary nitrogens is 1. The molecule has 0 amide bonds. The van der Waals surface area contributed by atoms with Crippen molar-refractivity contribution in [2.24, 2.45) is 0 Å². The Balaban J connectivity index is 2.25. The molecule has 1 aromatic carbocycles. The summed E-state index contributed by atoms with van der Waals surface area (Å²) in [4.78, 5) is 0. The van der Waals surface area contributed by atoms with Crippen molar-refractivity contribution in [1.29, 1.82) is 0 Å². The first-order chi connectivity index (χ1) is 11.2. The largest absolute Gasteiger partial charge is 0.305 e. The van der Waals surface area contributed by atoms with Crippen molar-refractivity contribution in [3.8, 4) is 0 Å². The summed E-state index contributed by atoms with van der Waals surface area (Å²) in [5.74, 6) is 0. The lowest BCUT2D eigenvalue weighted by atomic mass is 10.2. The number of hydrogen-bond donors (Lipinski definition) is 0. The first-order valence-corrected chi connectivity index (χ1v) is 9.38. The van der Waals surface area contributed by atoms with Crippen LogP contribution >= 0.6 is 0 Å². The Bertz CT molecular complexity index is 554. The summed E-state index contributed by atoms with van der Waals surface area (Å²) in [7, 11) is 0. The molecular formula is C19H33N4+. The highest BCUT2D eigenvalue weighted by molar-refractivity contribution is 5.73. The Labute approximate surface area is 141 Å². The van der Waals surface area contributed by atoms with Crippen molar-refractivity contribution < 1.29 is 4.48 Å². The molecule has 0 bridgehead atoms. The number of aromatic nitrogens is 3. The molecule has 128 valence electrons. The normalized spacial score (nSPS) is 12.1. The van der Waals surface area contributed by atoms with Gasteiger partial charge in [0.2, 0.25) is 0 Å². The molecule has 0 unspecified atom stereocenters. The average Bonchev–Trinajstić information content (AvgIpc) is 2.99. The topological polar surface area (TPSA) is 30.7 Å². The molecule has 2 aromatic rings. The van der Waals surface area contributed by atoms with Crippen LogP contribution < -0.4 is 0 Å². The van der Waals surface area contributed by atoms with Crippen LogP contribution in [0.2, 0.25) is 0 Å². The molecule has 0 aliphatic carbocycles. The summed E-state index contributed by atoms with van der Waals surface area (Å²) in [5.41, 5.74) is 2.17. The highest BCUT2D eigenvalue weighted by atomic mass is 15.5. The minimum atomic E-state index is 0.959. The number of fused-ring (bicyclic) bond motifs is 1.